The molecule has 110 valence electrons. The summed E-state index contributed by atoms with van der Waals surface area (Å²) in [6.45, 7) is 3.41. The fourth-order valence-electron chi connectivity index (χ4n) is 2.96. The van der Waals surface area contributed by atoms with Crippen LogP contribution in [0.15, 0.2) is 10.5 Å². The first-order valence-electron chi connectivity index (χ1n) is 7.15. The first-order chi connectivity index (χ1) is 9.79. The summed E-state index contributed by atoms with van der Waals surface area (Å²) in [6.07, 6.45) is 3.52. The Hall–Kier alpha value is -0.940. The average Bonchev–Trinajstić information content (AvgIpc) is 2.49. The molecule has 1 N–H and O–H groups in total. The highest BCUT2D eigenvalue weighted by molar-refractivity contribution is 9.10. The molecule has 2 heterocycles. The molecule has 1 aromatic rings. The van der Waals surface area contributed by atoms with Gasteiger partial charge in [0, 0.05) is 0 Å². The van der Waals surface area contributed by atoms with Crippen LogP contribution in [0.3, 0.4) is 0 Å². The number of nitrogens with one attached hydrogen (secondary N) is 1. The lowest BCUT2D eigenvalue weighted by Gasteiger charge is -2.26. The lowest BCUT2D eigenvalue weighted by Crippen LogP contribution is -2.31. The zero-order valence-corrected chi connectivity index (χ0v) is 13.3. The van der Waals surface area contributed by atoms with Crippen molar-refractivity contribution in [1.82, 2.24) is 5.32 Å². The zero-order valence-electron chi connectivity index (χ0n) is 11.7. The minimum Gasteiger partial charge on any atom is -0.495 e. The van der Waals surface area contributed by atoms with Gasteiger partial charge in [0.2, 0.25) is 0 Å². The Morgan fingerprint density at radius 3 is 3.00 bits per heavy atom. The molecule has 20 heavy (non-hydrogen) atoms. The van der Waals surface area contributed by atoms with Gasteiger partial charge < -0.3 is 19.5 Å². The second kappa shape index (κ2) is 6.22. The summed E-state index contributed by atoms with van der Waals surface area (Å²) in [4.78, 5) is 0. The van der Waals surface area contributed by atoms with Crippen LogP contribution in [0, 0.1) is 5.92 Å². The number of hydrogen-bond donors (Lipinski definition) is 1. The predicted molar refractivity (Wildman–Crippen MR) is 81.0 cm³/mol. The van der Waals surface area contributed by atoms with E-state index in [1.165, 1.54) is 18.4 Å². The van der Waals surface area contributed by atoms with Crippen LogP contribution in [0.4, 0.5) is 0 Å². The van der Waals surface area contributed by atoms with Crippen LogP contribution >= 0.6 is 15.9 Å². The Morgan fingerprint density at radius 1 is 1.40 bits per heavy atom. The van der Waals surface area contributed by atoms with Gasteiger partial charge in [0.1, 0.15) is 23.4 Å². The van der Waals surface area contributed by atoms with E-state index in [1.54, 1.807) is 7.11 Å². The predicted octanol–water partition coefficient (Wildman–Crippen LogP) is 2.77. The fourth-order valence-corrected chi connectivity index (χ4v) is 3.69. The second-order valence-electron chi connectivity index (χ2n) is 5.32. The van der Waals surface area contributed by atoms with Crippen LogP contribution in [0.25, 0.3) is 0 Å². The van der Waals surface area contributed by atoms with E-state index in [9.17, 15) is 0 Å². The van der Waals surface area contributed by atoms with Crippen LogP contribution in [-0.4, -0.2) is 33.4 Å². The molecule has 1 saturated heterocycles. The summed E-state index contributed by atoms with van der Waals surface area (Å²) >= 11 is 3.60. The first-order valence-corrected chi connectivity index (χ1v) is 7.94. The van der Waals surface area contributed by atoms with Gasteiger partial charge in [-0.25, -0.2) is 0 Å². The van der Waals surface area contributed by atoms with E-state index in [0.717, 1.165) is 41.2 Å². The van der Waals surface area contributed by atoms with Crippen molar-refractivity contribution in [3.05, 3.63) is 16.1 Å². The number of piperidine rings is 1. The highest BCUT2D eigenvalue weighted by Crippen LogP contribution is 2.46. The molecule has 2 aliphatic rings. The Labute approximate surface area is 127 Å². The smallest absolute Gasteiger partial charge is 0.179 e. The molecule has 0 aromatic heterocycles. The number of hydrogen-bond acceptors (Lipinski definition) is 4. The Morgan fingerprint density at radius 2 is 2.25 bits per heavy atom. The Kier molecular flexibility index (Phi) is 4.36. The van der Waals surface area contributed by atoms with Crippen molar-refractivity contribution in [2.75, 3.05) is 33.4 Å². The molecule has 1 unspecified atom stereocenters. The van der Waals surface area contributed by atoms with Gasteiger partial charge in [-0.05, 0) is 65.8 Å². The molecular formula is C15H20BrNO3. The van der Waals surface area contributed by atoms with Crippen molar-refractivity contribution >= 4 is 15.9 Å². The van der Waals surface area contributed by atoms with Crippen LogP contribution in [0.2, 0.25) is 0 Å². The maximum absolute atomic E-state index is 5.71. The van der Waals surface area contributed by atoms with Crippen molar-refractivity contribution in [3.8, 4) is 17.2 Å². The first kappa shape index (κ1) is 14.0. The minimum atomic E-state index is 0.584. The van der Waals surface area contributed by atoms with E-state index in [2.05, 4.69) is 27.3 Å². The van der Waals surface area contributed by atoms with Gasteiger partial charge in [0.05, 0.1) is 7.11 Å². The Bertz CT molecular complexity index is 486. The molecule has 1 aromatic carbocycles. The molecule has 0 amide bonds. The molecule has 4 nitrogen and oxygen atoms in total. The quantitative estimate of drug-likeness (QED) is 0.917. The summed E-state index contributed by atoms with van der Waals surface area (Å²) in [5.41, 5.74) is 1.19. The number of benzene rings is 1. The number of ether oxygens (including phenoxy) is 3. The molecule has 0 saturated carbocycles. The lowest BCUT2D eigenvalue weighted by atomic mass is 9.91. The van der Waals surface area contributed by atoms with Gasteiger partial charge in [0.15, 0.2) is 11.5 Å². The SMILES string of the molecule is COc1c(CC2CCCNC2)cc2c(c1Br)OCCO2. The highest BCUT2D eigenvalue weighted by atomic mass is 79.9. The minimum absolute atomic E-state index is 0.584. The van der Waals surface area contributed by atoms with Gasteiger partial charge in [0.25, 0.3) is 0 Å². The third-order valence-corrected chi connectivity index (χ3v) is 4.64. The van der Waals surface area contributed by atoms with Gasteiger partial charge in [-0.1, -0.05) is 0 Å². The van der Waals surface area contributed by atoms with E-state index >= 15 is 0 Å². The highest BCUT2D eigenvalue weighted by Gasteiger charge is 2.24. The molecule has 1 atom stereocenters. The third kappa shape index (κ3) is 2.74. The molecular weight excluding hydrogens is 322 g/mol. The topological polar surface area (TPSA) is 39.7 Å². The molecule has 3 rings (SSSR count). The second-order valence-corrected chi connectivity index (χ2v) is 6.12. The van der Waals surface area contributed by atoms with Crippen LogP contribution in [0.5, 0.6) is 17.2 Å². The summed E-state index contributed by atoms with van der Waals surface area (Å²) in [5.74, 6) is 3.12. The van der Waals surface area contributed by atoms with E-state index in [-0.39, 0.29) is 0 Å². The van der Waals surface area contributed by atoms with E-state index < -0.39 is 0 Å². The van der Waals surface area contributed by atoms with Crippen LogP contribution in [-0.2, 0) is 6.42 Å². The summed E-state index contributed by atoms with van der Waals surface area (Å²) in [6, 6.07) is 2.08. The van der Waals surface area contributed by atoms with Crippen molar-refractivity contribution in [2.24, 2.45) is 5.92 Å². The van der Waals surface area contributed by atoms with Crippen molar-refractivity contribution in [2.45, 2.75) is 19.3 Å². The average molecular weight is 342 g/mol. The van der Waals surface area contributed by atoms with Gasteiger partial charge in [-0.15, -0.1) is 0 Å². The largest absolute Gasteiger partial charge is 0.495 e. The standard InChI is InChI=1S/C15H20BrNO3/c1-18-14-11(7-10-3-2-4-17-9-10)8-12-15(13(14)16)20-6-5-19-12/h8,10,17H,2-7,9H2,1H3. The van der Waals surface area contributed by atoms with E-state index in [4.69, 9.17) is 14.2 Å². The zero-order chi connectivity index (χ0) is 13.9. The fraction of sp³-hybridized carbons (Fsp3) is 0.600. The number of rotatable bonds is 3. The maximum atomic E-state index is 5.71. The van der Waals surface area contributed by atoms with Crippen molar-refractivity contribution < 1.29 is 14.2 Å². The van der Waals surface area contributed by atoms with Crippen LogP contribution < -0.4 is 19.5 Å². The summed E-state index contributed by atoms with van der Waals surface area (Å²) in [5, 5.41) is 3.46. The summed E-state index contributed by atoms with van der Waals surface area (Å²) < 4.78 is 17.8. The molecule has 2 aliphatic heterocycles. The number of fused-ring (bicyclic) bond motifs is 1. The molecule has 0 aliphatic carbocycles. The lowest BCUT2D eigenvalue weighted by molar-refractivity contribution is 0.169. The van der Waals surface area contributed by atoms with Crippen molar-refractivity contribution in [1.29, 1.82) is 0 Å². The van der Waals surface area contributed by atoms with Crippen molar-refractivity contribution in [3.63, 3.8) is 0 Å². The Balaban J connectivity index is 1.90. The van der Waals surface area contributed by atoms with Gasteiger partial charge >= 0.3 is 0 Å². The molecule has 1 fully saturated rings. The number of methoxy groups -OCH3 is 1. The molecule has 0 bridgehead atoms. The molecule has 0 radical (unpaired) electrons. The monoisotopic (exact) mass is 341 g/mol. The summed E-state index contributed by atoms with van der Waals surface area (Å²) in [7, 11) is 1.71. The third-order valence-electron chi connectivity index (χ3n) is 3.92. The van der Waals surface area contributed by atoms with Crippen LogP contribution in [0.1, 0.15) is 18.4 Å². The maximum Gasteiger partial charge on any atom is 0.179 e. The van der Waals surface area contributed by atoms with Gasteiger partial charge in [-0.2, -0.15) is 0 Å². The number of halogens is 1. The van der Waals surface area contributed by atoms with Gasteiger partial charge in [-0.3, -0.25) is 0 Å². The molecule has 5 heteroatoms. The van der Waals surface area contributed by atoms with E-state index in [1.807, 2.05) is 0 Å². The van der Waals surface area contributed by atoms with E-state index in [0.29, 0.717) is 19.1 Å². The molecule has 0 spiro atoms. The normalized spacial score (nSPS) is 21.6.